The molecule has 27 heavy (non-hydrogen) atoms. The van der Waals surface area contributed by atoms with Crippen molar-refractivity contribution in [2.45, 2.75) is 20.3 Å². The van der Waals surface area contributed by atoms with Crippen molar-refractivity contribution in [2.75, 3.05) is 23.4 Å². The summed E-state index contributed by atoms with van der Waals surface area (Å²) in [4.78, 5) is 37.5. The van der Waals surface area contributed by atoms with Crippen LogP contribution in [0, 0.1) is 5.82 Å². The first kappa shape index (κ1) is 20.1. The first-order valence-electron chi connectivity index (χ1n) is 8.52. The van der Waals surface area contributed by atoms with E-state index in [1.54, 1.807) is 31.2 Å². The van der Waals surface area contributed by atoms with Gasteiger partial charge in [0, 0.05) is 25.6 Å². The molecule has 0 heterocycles. The average Bonchev–Trinajstić information content (AvgIpc) is 2.63. The number of nitrogens with one attached hydrogen (secondary N) is 1. The van der Waals surface area contributed by atoms with Crippen molar-refractivity contribution in [3.05, 3.63) is 59.9 Å². The molecule has 1 N–H and O–H groups in total. The van der Waals surface area contributed by atoms with Gasteiger partial charge >= 0.3 is 5.97 Å². The zero-order chi connectivity index (χ0) is 19.8. The lowest BCUT2D eigenvalue weighted by atomic mass is 10.1. The second-order valence-electron chi connectivity index (χ2n) is 5.71. The molecule has 2 aromatic rings. The van der Waals surface area contributed by atoms with Crippen molar-refractivity contribution in [3.8, 4) is 0 Å². The predicted molar refractivity (Wildman–Crippen MR) is 100 cm³/mol. The molecule has 0 spiro atoms. The minimum atomic E-state index is -0.523. The largest absolute Gasteiger partial charge is 0.462 e. The van der Waals surface area contributed by atoms with Gasteiger partial charge in [-0.25, -0.2) is 9.18 Å². The van der Waals surface area contributed by atoms with E-state index >= 15 is 0 Å². The molecule has 0 unspecified atom stereocenters. The molecule has 142 valence electrons. The Kier molecular flexibility index (Phi) is 7.05. The van der Waals surface area contributed by atoms with Crippen LogP contribution < -0.4 is 10.2 Å². The van der Waals surface area contributed by atoms with Gasteiger partial charge in [0.1, 0.15) is 5.82 Å². The van der Waals surface area contributed by atoms with Crippen LogP contribution >= 0.6 is 0 Å². The van der Waals surface area contributed by atoms with E-state index in [-0.39, 0.29) is 37.0 Å². The van der Waals surface area contributed by atoms with Gasteiger partial charge in [-0.05, 0) is 43.3 Å². The fourth-order valence-corrected chi connectivity index (χ4v) is 2.49. The number of ether oxygens (including phenoxy) is 1. The van der Waals surface area contributed by atoms with Crippen molar-refractivity contribution < 1.29 is 23.5 Å². The lowest BCUT2D eigenvalue weighted by molar-refractivity contribution is -0.117. The van der Waals surface area contributed by atoms with E-state index in [1.165, 1.54) is 36.1 Å². The zero-order valence-electron chi connectivity index (χ0n) is 15.2. The standard InChI is InChI=1S/C20H21FN2O4/c1-3-27-20(26)17-6-4-5-7-18(17)22-19(25)12-13-23(14(2)24)16-10-8-15(21)9-11-16/h4-11H,3,12-13H2,1-2H3,(H,22,25). The SMILES string of the molecule is CCOC(=O)c1ccccc1NC(=O)CCN(C(C)=O)c1ccc(F)cc1. The van der Waals surface area contributed by atoms with Gasteiger partial charge in [0.05, 0.1) is 17.9 Å². The number of hydrogen-bond donors (Lipinski definition) is 1. The molecule has 0 aliphatic heterocycles. The number of benzene rings is 2. The highest BCUT2D eigenvalue weighted by Gasteiger charge is 2.16. The van der Waals surface area contributed by atoms with Crippen LogP contribution in [0.15, 0.2) is 48.5 Å². The maximum absolute atomic E-state index is 13.1. The van der Waals surface area contributed by atoms with Crippen LogP contribution in [-0.2, 0) is 14.3 Å². The van der Waals surface area contributed by atoms with Crippen LogP contribution in [0.5, 0.6) is 0 Å². The summed E-state index contributed by atoms with van der Waals surface area (Å²) in [5, 5.41) is 2.67. The quantitative estimate of drug-likeness (QED) is 0.756. The van der Waals surface area contributed by atoms with Crippen molar-refractivity contribution in [2.24, 2.45) is 0 Å². The van der Waals surface area contributed by atoms with E-state index < -0.39 is 11.8 Å². The molecule has 0 saturated carbocycles. The molecule has 0 atom stereocenters. The Bertz CT molecular complexity index is 821. The summed E-state index contributed by atoms with van der Waals surface area (Å²) in [6.45, 7) is 3.42. The van der Waals surface area contributed by atoms with E-state index in [0.717, 1.165) is 0 Å². The van der Waals surface area contributed by atoms with Gasteiger partial charge in [-0.1, -0.05) is 12.1 Å². The molecule has 7 heteroatoms. The van der Waals surface area contributed by atoms with Crippen molar-refractivity contribution >= 4 is 29.2 Å². The van der Waals surface area contributed by atoms with E-state index in [1.807, 2.05) is 0 Å². The summed E-state index contributed by atoms with van der Waals surface area (Å²) < 4.78 is 18.0. The molecule has 2 amide bonds. The minimum absolute atomic E-state index is 0.00805. The summed E-state index contributed by atoms with van der Waals surface area (Å²) in [7, 11) is 0. The second-order valence-corrected chi connectivity index (χ2v) is 5.71. The first-order chi connectivity index (χ1) is 12.9. The summed E-state index contributed by atoms with van der Waals surface area (Å²) in [5.41, 5.74) is 1.11. The lowest BCUT2D eigenvalue weighted by Gasteiger charge is -2.21. The second kappa shape index (κ2) is 9.47. The molecule has 2 aromatic carbocycles. The Balaban J connectivity index is 2.04. The molecular formula is C20H21FN2O4. The number of halogens is 1. The summed E-state index contributed by atoms with van der Waals surface area (Å²) in [6.07, 6.45) is 0.00805. The van der Waals surface area contributed by atoms with Crippen LogP contribution in [0.4, 0.5) is 15.8 Å². The summed E-state index contributed by atoms with van der Waals surface area (Å²) in [5.74, 6) is -1.55. The summed E-state index contributed by atoms with van der Waals surface area (Å²) in [6, 6.07) is 12.0. The number of esters is 1. The van der Waals surface area contributed by atoms with E-state index in [0.29, 0.717) is 11.4 Å². The molecule has 0 aliphatic rings. The molecule has 0 saturated heterocycles. The number of anilines is 2. The number of hydrogen-bond acceptors (Lipinski definition) is 4. The van der Waals surface area contributed by atoms with Gasteiger partial charge < -0.3 is 15.0 Å². The number of nitrogens with zero attached hydrogens (tertiary/aromatic N) is 1. The minimum Gasteiger partial charge on any atom is -0.462 e. The Hall–Kier alpha value is -3.22. The number of carbonyl (C=O) groups excluding carboxylic acids is 3. The van der Waals surface area contributed by atoms with E-state index in [2.05, 4.69) is 5.32 Å². The highest BCUT2D eigenvalue weighted by atomic mass is 19.1. The van der Waals surface area contributed by atoms with Crippen molar-refractivity contribution in [3.63, 3.8) is 0 Å². The topological polar surface area (TPSA) is 75.7 Å². The molecule has 0 fully saturated rings. The number of rotatable bonds is 7. The van der Waals surface area contributed by atoms with Crippen molar-refractivity contribution in [1.29, 1.82) is 0 Å². The van der Waals surface area contributed by atoms with Crippen molar-refractivity contribution in [1.82, 2.24) is 0 Å². The maximum atomic E-state index is 13.1. The normalized spacial score (nSPS) is 10.2. The third-order valence-corrected chi connectivity index (χ3v) is 3.78. The third kappa shape index (κ3) is 5.64. The molecule has 0 aliphatic carbocycles. The van der Waals surface area contributed by atoms with Crippen LogP contribution in [0.3, 0.4) is 0 Å². The van der Waals surface area contributed by atoms with Gasteiger partial charge in [-0.15, -0.1) is 0 Å². The Morgan fingerprint density at radius 2 is 1.74 bits per heavy atom. The van der Waals surface area contributed by atoms with Gasteiger partial charge in [0.25, 0.3) is 0 Å². The molecule has 2 rings (SSSR count). The Morgan fingerprint density at radius 3 is 2.37 bits per heavy atom. The highest BCUT2D eigenvalue weighted by molar-refractivity contribution is 6.01. The predicted octanol–water partition coefficient (Wildman–Crippen LogP) is 3.38. The Morgan fingerprint density at radius 1 is 1.07 bits per heavy atom. The highest BCUT2D eigenvalue weighted by Crippen LogP contribution is 2.18. The number of amides is 2. The van der Waals surface area contributed by atoms with Crippen LogP contribution in [0.25, 0.3) is 0 Å². The van der Waals surface area contributed by atoms with Crippen LogP contribution in [0.1, 0.15) is 30.6 Å². The fraction of sp³-hybridized carbons (Fsp3) is 0.250. The Labute approximate surface area is 156 Å². The fourth-order valence-electron chi connectivity index (χ4n) is 2.49. The van der Waals surface area contributed by atoms with Gasteiger partial charge in [0.2, 0.25) is 11.8 Å². The van der Waals surface area contributed by atoms with Gasteiger partial charge in [-0.2, -0.15) is 0 Å². The molecule has 6 nitrogen and oxygen atoms in total. The maximum Gasteiger partial charge on any atom is 0.340 e. The van der Waals surface area contributed by atoms with Gasteiger partial charge in [-0.3, -0.25) is 9.59 Å². The van der Waals surface area contributed by atoms with E-state index in [9.17, 15) is 18.8 Å². The lowest BCUT2D eigenvalue weighted by Crippen LogP contribution is -2.32. The number of para-hydroxylation sites is 1. The average molecular weight is 372 g/mol. The van der Waals surface area contributed by atoms with Crippen LogP contribution in [-0.4, -0.2) is 30.9 Å². The first-order valence-corrected chi connectivity index (χ1v) is 8.52. The van der Waals surface area contributed by atoms with E-state index in [4.69, 9.17) is 4.74 Å². The van der Waals surface area contributed by atoms with Gasteiger partial charge in [0.15, 0.2) is 0 Å². The smallest absolute Gasteiger partial charge is 0.340 e. The van der Waals surface area contributed by atoms with Crippen LogP contribution in [0.2, 0.25) is 0 Å². The molecule has 0 bridgehead atoms. The monoisotopic (exact) mass is 372 g/mol. The zero-order valence-corrected chi connectivity index (χ0v) is 15.2. The number of carbonyl (C=O) groups is 3. The summed E-state index contributed by atoms with van der Waals surface area (Å²) >= 11 is 0. The molecule has 0 aromatic heterocycles. The third-order valence-electron chi connectivity index (χ3n) is 3.78. The molecule has 0 radical (unpaired) electrons. The molecular weight excluding hydrogens is 351 g/mol.